The maximum absolute atomic E-state index is 12.7. The van der Waals surface area contributed by atoms with E-state index in [1.807, 2.05) is 6.92 Å². The van der Waals surface area contributed by atoms with Gasteiger partial charge in [0, 0.05) is 30.2 Å². The van der Waals surface area contributed by atoms with Crippen molar-refractivity contribution < 1.29 is 14.4 Å². The summed E-state index contributed by atoms with van der Waals surface area (Å²) in [6.45, 7) is 2.61. The standard InChI is InChI=1S/C20H20ClN3O3/c1-2-22-20(27)16-5-3-4-6-17(16)23-19(26)13-11-18(25)24(12-13)15-9-7-14(21)8-10-15/h3-10,13H,2,11-12H2,1H3,(H,22,27)(H,23,26)/t13-/m1/s1. The van der Waals surface area contributed by atoms with E-state index in [2.05, 4.69) is 10.6 Å². The zero-order valence-electron chi connectivity index (χ0n) is 14.9. The monoisotopic (exact) mass is 385 g/mol. The van der Waals surface area contributed by atoms with Crippen molar-refractivity contribution in [3.8, 4) is 0 Å². The van der Waals surface area contributed by atoms with Gasteiger partial charge in [-0.05, 0) is 43.3 Å². The zero-order chi connectivity index (χ0) is 19.4. The highest BCUT2D eigenvalue weighted by molar-refractivity contribution is 6.30. The highest BCUT2D eigenvalue weighted by Crippen LogP contribution is 2.27. The molecule has 140 valence electrons. The van der Waals surface area contributed by atoms with Gasteiger partial charge in [-0.25, -0.2) is 0 Å². The van der Waals surface area contributed by atoms with Gasteiger partial charge >= 0.3 is 0 Å². The largest absolute Gasteiger partial charge is 0.352 e. The lowest BCUT2D eigenvalue weighted by molar-refractivity contribution is -0.122. The van der Waals surface area contributed by atoms with Gasteiger partial charge in [-0.15, -0.1) is 0 Å². The summed E-state index contributed by atoms with van der Waals surface area (Å²) in [5.74, 6) is -1.14. The molecule has 1 fully saturated rings. The summed E-state index contributed by atoms with van der Waals surface area (Å²) in [5.41, 5.74) is 1.54. The maximum Gasteiger partial charge on any atom is 0.253 e. The molecule has 0 radical (unpaired) electrons. The number of amides is 3. The van der Waals surface area contributed by atoms with Crippen molar-refractivity contribution in [1.29, 1.82) is 0 Å². The Morgan fingerprint density at radius 2 is 1.85 bits per heavy atom. The van der Waals surface area contributed by atoms with E-state index < -0.39 is 5.92 Å². The molecule has 2 aromatic carbocycles. The molecule has 0 aromatic heterocycles. The van der Waals surface area contributed by atoms with Gasteiger partial charge in [-0.3, -0.25) is 14.4 Å². The number of benzene rings is 2. The summed E-state index contributed by atoms with van der Waals surface area (Å²) in [5, 5.41) is 6.10. The topological polar surface area (TPSA) is 78.5 Å². The van der Waals surface area contributed by atoms with E-state index in [9.17, 15) is 14.4 Å². The Labute approximate surface area is 162 Å². The number of nitrogens with zero attached hydrogens (tertiary/aromatic N) is 1. The second kappa shape index (κ2) is 8.22. The second-order valence-corrected chi connectivity index (χ2v) is 6.71. The third-order valence-electron chi connectivity index (χ3n) is 4.40. The molecule has 1 aliphatic heterocycles. The van der Waals surface area contributed by atoms with Crippen LogP contribution in [0.2, 0.25) is 5.02 Å². The molecule has 0 aliphatic carbocycles. The van der Waals surface area contributed by atoms with E-state index in [1.165, 1.54) is 0 Å². The number of para-hydroxylation sites is 1. The minimum Gasteiger partial charge on any atom is -0.352 e. The van der Waals surface area contributed by atoms with Gasteiger partial charge < -0.3 is 15.5 Å². The summed E-state index contributed by atoms with van der Waals surface area (Å²) in [6, 6.07) is 13.7. The van der Waals surface area contributed by atoms with E-state index in [0.29, 0.717) is 28.5 Å². The van der Waals surface area contributed by atoms with Gasteiger partial charge in [0.2, 0.25) is 11.8 Å². The van der Waals surface area contributed by atoms with Crippen molar-refractivity contribution in [2.24, 2.45) is 5.92 Å². The molecule has 1 saturated heterocycles. The Hall–Kier alpha value is -2.86. The number of nitrogens with one attached hydrogen (secondary N) is 2. The molecule has 1 heterocycles. The molecule has 6 nitrogen and oxygen atoms in total. The lowest BCUT2D eigenvalue weighted by Crippen LogP contribution is -2.29. The molecule has 2 N–H and O–H groups in total. The van der Waals surface area contributed by atoms with E-state index in [-0.39, 0.29) is 30.7 Å². The Balaban J connectivity index is 1.72. The number of carbonyl (C=O) groups is 3. The zero-order valence-corrected chi connectivity index (χ0v) is 15.6. The summed E-state index contributed by atoms with van der Waals surface area (Å²) in [4.78, 5) is 38.7. The molecule has 0 unspecified atom stereocenters. The van der Waals surface area contributed by atoms with Gasteiger partial charge in [-0.1, -0.05) is 23.7 Å². The van der Waals surface area contributed by atoms with Crippen molar-refractivity contribution in [3.05, 3.63) is 59.1 Å². The van der Waals surface area contributed by atoms with Crippen LogP contribution in [0.25, 0.3) is 0 Å². The van der Waals surface area contributed by atoms with Crippen molar-refractivity contribution in [2.45, 2.75) is 13.3 Å². The second-order valence-electron chi connectivity index (χ2n) is 6.28. The maximum atomic E-state index is 12.7. The van der Waals surface area contributed by atoms with E-state index >= 15 is 0 Å². The molecule has 7 heteroatoms. The molecule has 0 spiro atoms. The minimum absolute atomic E-state index is 0.116. The molecule has 3 amide bonds. The minimum atomic E-state index is -0.490. The van der Waals surface area contributed by atoms with Crippen LogP contribution in [-0.2, 0) is 9.59 Å². The van der Waals surface area contributed by atoms with Gasteiger partial charge in [0.05, 0.1) is 17.2 Å². The Morgan fingerprint density at radius 1 is 1.15 bits per heavy atom. The summed E-state index contributed by atoms with van der Waals surface area (Å²) >= 11 is 5.89. The van der Waals surface area contributed by atoms with Crippen molar-refractivity contribution in [2.75, 3.05) is 23.3 Å². The first kappa shape index (κ1) is 18.9. The number of hydrogen-bond donors (Lipinski definition) is 2. The highest BCUT2D eigenvalue weighted by atomic mass is 35.5. The molecule has 3 rings (SSSR count). The van der Waals surface area contributed by atoms with Gasteiger partial charge in [0.25, 0.3) is 5.91 Å². The van der Waals surface area contributed by atoms with Crippen LogP contribution in [0.15, 0.2) is 48.5 Å². The van der Waals surface area contributed by atoms with Crippen molar-refractivity contribution >= 4 is 40.7 Å². The lowest BCUT2D eigenvalue weighted by atomic mass is 10.1. The Bertz CT molecular complexity index is 867. The van der Waals surface area contributed by atoms with Crippen LogP contribution in [-0.4, -0.2) is 30.8 Å². The molecule has 1 atom stereocenters. The quantitative estimate of drug-likeness (QED) is 0.830. The van der Waals surface area contributed by atoms with Crippen LogP contribution >= 0.6 is 11.6 Å². The molecule has 0 saturated carbocycles. The van der Waals surface area contributed by atoms with Crippen molar-refractivity contribution in [1.82, 2.24) is 5.32 Å². The van der Waals surface area contributed by atoms with Gasteiger partial charge in [0.15, 0.2) is 0 Å². The first-order chi connectivity index (χ1) is 13.0. The number of halogens is 1. The number of carbonyl (C=O) groups excluding carboxylic acids is 3. The predicted molar refractivity (Wildman–Crippen MR) is 105 cm³/mol. The summed E-state index contributed by atoms with van der Waals surface area (Å²) in [6.07, 6.45) is 0.123. The van der Waals surface area contributed by atoms with Gasteiger partial charge in [-0.2, -0.15) is 0 Å². The highest BCUT2D eigenvalue weighted by Gasteiger charge is 2.35. The van der Waals surface area contributed by atoms with Crippen LogP contribution in [0.1, 0.15) is 23.7 Å². The fourth-order valence-electron chi connectivity index (χ4n) is 3.03. The van der Waals surface area contributed by atoms with Crippen LogP contribution in [0.5, 0.6) is 0 Å². The van der Waals surface area contributed by atoms with Crippen LogP contribution < -0.4 is 15.5 Å². The lowest BCUT2D eigenvalue weighted by Gasteiger charge is -2.17. The number of anilines is 2. The first-order valence-corrected chi connectivity index (χ1v) is 9.11. The molecular formula is C20H20ClN3O3. The smallest absolute Gasteiger partial charge is 0.253 e. The van der Waals surface area contributed by atoms with E-state index in [1.54, 1.807) is 53.4 Å². The average molecular weight is 386 g/mol. The molecule has 1 aliphatic rings. The molecular weight excluding hydrogens is 366 g/mol. The number of rotatable bonds is 5. The normalized spacial score (nSPS) is 16.3. The third-order valence-corrected chi connectivity index (χ3v) is 4.65. The third kappa shape index (κ3) is 4.28. The average Bonchev–Trinajstić information content (AvgIpc) is 3.05. The van der Waals surface area contributed by atoms with Crippen molar-refractivity contribution in [3.63, 3.8) is 0 Å². The van der Waals surface area contributed by atoms with E-state index in [4.69, 9.17) is 11.6 Å². The van der Waals surface area contributed by atoms with Crippen LogP contribution in [0, 0.1) is 5.92 Å². The van der Waals surface area contributed by atoms with Crippen LogP contribution in [0.3, 0.4) is 0 Å². The Kier molecular flexibility index (Phi) is 5.76. The summed E-state index contributed by atoms with van der Waals surface area (Å²) < 4.78 is 0. The summed E-state index contributed by atoms with van der Waals surface area (Å²) in [7, 11) is 0. The van der Waals surface area contributed by atoms with Crippen LogP contribution in [0.4, 0.5) is 11.4 Å². The molecule has 0 bridgehead atoms. The molecule has 2 aromatic rings. The predicted octanol–water partition coefficient (Wildman–Crippen LogP) is 3.08. The Morgan fingerprint density at radius 3 is 2.56 bits per heavy atom. The fourth-order valence-corrected chi connectivity index (χ4v) is 3.16. The molecule has 27 heavy (non-hydrogen) atoms. The van der Waals surface area contributed by atoms with Gasteiger partial charge in [0.1, 0.15) is 0 Å². The first-order valence-electron chi connectivity index (χ1n) is 8.73. The SMILES string of the molecule is CCNC(=O)c1ccccc1NC(=O)[C@@H]1CC(=O)N(c2ccc(Cl)cc2)C1. The fraction of sp³-hybridized carbons (Fsp3) is 0.250. The van der Waals surface area contributed by atoms with E-state index in [0.717, 1.165) is 0 Å². The number of hydrogen-bond acceptors (Lipinski definition) is 3.